The Morgan fingerprint density at radius 1 is 0.912 bits per heavy atom. The third-order valence-electron chi connectivity index (χ3n) is 7.06. The molecule has 6 heteroatoms. The molecule has 6 nitrogen and oxygen atoms in total. The SMILES string of the molecule is Cc1cc(C(=O)CN2CCc3ccccc3C2)c(C)n1-c1c(C)n(C)n(-c2ccccc2)c1=O. The first kappa shape index (κ1) is 22.2. The van der Waals surface area contributed by atoms with Crippen LogP contribution in [-0.4, -0.2) is 37.7 Å². The molecule has 0 bridgehead atoms. The maximum Gasteiger partial charge on any atom is 0.295 e. The van der Waals surface area contributed by atoms with Crippen LogP contribution in [0.15, 0.2) is 65.5 Å². The van der Waals surface area contributed by atoms with Gasteiger partial charge in [0.25, 0.3) is 5.56 Å². The number of hydrogen-bond acceptors (Lipinski definition) is 3. The molecule has 174 valence electrons. The van der Waals surface area contributed by atoms with Crippen molar-refractivity contribution in [1.82, 2.24) is 18.8 Å². The van der Waals surface area contributed by atoms with Gasteiger partial charge in [0.1, 0.15) is 5.69 Å². The number of carbonyl (C=O) groups is 1. The summed E-state index contributed by atoms with van der Waals surface area (Å²) in [7, 11) is 1.89. The molecule has 1 aliphatic heterocycles. The summed E-state index contributed by atoms with van der Waals surface area (Å²) < 4.78 is 5.49. The smallest absolute Gasteiger partial charge is 0.295 e. The quantitative estimate of drug-likeness (QED) is 0.426. The molecule has 4 aromatic rings. The van der Waals surface area contributed by atoms with E-state index in [-0.39, 0.29) is 11.3 Å². The number of rotatable bonds is 5. The van der Waals surface area contributed by atoms with Crippen molar-refractivity contribution < 1.29 is 4.79 Å². The van der Waals surface area contributed by atoms with Gasteiger partial charge in [0.2, 0.25) is 0 Å². The number of aryl methyl sites for hydroxylation is 1. The lowest BCUT2D eigenvalue weighted by Gasteiger charge is -2.28. The monoisotopic (exact) mass is 454 g/mol. The lowest BCUT2D eigenvalue weighted by atomic mass is 9.99. The Morgan fingerprint density at radius 2 is 1.59 bits per heavy atom. The Kier molecular flexibility index (Phi) is 5.62. The van der Waals surface area contributed by atoms with E-state index in [0.29, 0.717) is 17.8 Å². The van der Waals surface area contributed by atoms with Gasteiger partial charge in [-0.25, -0.2) is 4.68 Å². The van der Waals surface area contributed by atoms with E-state index in [4.69, 9.17) is 0 Å². The zero-order valence-corrected chi connectivity index (χ0v) is 20.2. The van der Waals surface area contributed by atoms with Crippen LogP contribution in [0.3, 0.4) is 0 Å². The molecular weight excluding hydrogens is 424 g/mol. The van der Waals surface area contributed by atoms with Gasteiger partial charge in [0.05, 0.1) is 17.9 Å². The first-order valence-electron chi connectivity index (χ1n) is 11.7. The van der Waals surface area contributed by atoms with Crippen molar-refractivity contribution in [3.05, 3.63) is 105 Å². The van der Waals surface area contributed by atoms with Crippen LogP contribution < -0.4 is 5.56 Å². The Bertz CT molecular complexity index is 1440. The molecule has 0 spiro atoms. The van der Waals surface area contributed by atoms with E-state index in [2.05, 4.69) is 29.2 Å². The summed E-state index contributed by atoms with van der Waals surface area (Å²) in [4.78, 5) is 29.1. The van der Waals surface area contributed by atoms with Gasteiger partial charge in [0, 0.05) is 37.1 Å². The summed E-state index contributed by atoms with van der Waals surface area (Å²) in [5.74, 6) is 0.0932. The van der Waals surface area contributed by atoms with E-state index in [9.17, 15) is 9.59 Å². The van der Waals surface area contributed by atoms with Crippen LogP contribution in [0.2, 0.25) is 0 Å². The molecule has 0 unspecified atom stereocenters. The number of ketones is 1. The average molecular weight is 455 g/mol. The molecule has 3 heterocycles. The van der Waals surface area contributed by atoms with Crippen LogP contribution in [0, 0.1) is 20.8 Å². The van der Waals surface area contributed by atoms with Crippen LogP contribution in [-0.2, 0) is 20.0 Å². The van der Waals surface area contributed by atoms with Crippen molar-refractivity contribution in [1.29, 1.82) is 0 Å². The number of carbonyl (C=O) groups excluding carboxylic acids is 1. The highest BCUT2D eigenvalue weighted by Crippen LogP contribution is 2.24. The third-order valence-corrected chi connectivity index (χ3v) is 7.06. The van der Waals surface area contributed by atoms with E-state index < -0.39 is 0 Å². The van der Waals surface area contributed by atoms with E-state index in [1.54, 1.807) is 4.68 Å². The molecule has 2 aromatic carbocycles. The van der Waals surface area contributed by atoms with Gasteiger partial charge in [-0.05, 0) is 56.5 Å². The molecule has 5 rings (SSSR count). The van der Waals surface area contributed by atoms with Crippen molar-refractivity contribution in [2.45, 2.75) is 33.7 Å². The molecule has 0 N–H and O–H groups in total. The van der Waals surface area contributed by atoms with Crippen molar-refractivity contribution in [3.63, 3.8) is 0 Å². The maximum absolute atomic E-state index is 13.6. The predicted molar refractivity (Wildman–Crippen MR) is 134 cm³/mol. The number of fused-ring (bicyclic) bond motifs is 1. The van der Waals surface area contributed by atoms with Crippen molar-refractivity contribution >= 4 is 5.78 Å². The molecular formula is C28H30N4O2. The Hall–Kier alpha value is -3.64. The normalized spacial score (nSPS) is 13.8. The van der Waals surface area contributed by atoms with Crippen LogP contribution in [0.1, 0.15) is 38.6 Å². The highest BCUT2D eigenvalue weighted by Gasteiger charge is 2.25. The highest BCUT2D eigenvalue weighted by atomic mass is 16.1. The molecule has 1 aliphatic rings. The zero-order valence-electron chi connectivity index (χ0n) is 20.2. The minimum atomic E-state index is -0.0976. The molecule has 0 atom stereocenters. The second kappa shape index (κ2) is 8.61. The zero-order chi connectivity index (χ0) is 24.0. The van der Waals surface area contributed by atoms with Gasteiger partial charge in [0.15, 0.2) is 5.78 Å². The summed E-state index contributed by atoms with van der Waals surface area (Å²) >= 11 is 0. The van der Waals surface area contributed by atoms with Gasteiger partial charge in [-0.15, -0.1) is 0 Å². The number of Topliss-reactive ketones (excluding diaryl/α,β-unsaturated/α-hetero) is 1. The topological polar surface area (TPSA) is 52.2 Å². The number of nitrogens with zero attached hydrogens (tertiary/aromatic N) is 4. The first-order chi connectivity index (χ1) is 16.4. The van der Waals surface area contributed by atoms with Crippen molar-refractivity contribution in [3.8, 4) is 11.4 Å². The summed E-state index contributed by atoms with van der Waals surface area (Å²) in [6.45, 7) is 7.88. The van der Waals surface area contributed by atoms with Crippen molar-refractivity contribution in [2.24, 2.45) is 7.05 Å². The minimum absolute atomic E-state index is 0.0932. The Morgan fingerprint density at radius 3 is 2.32 bits per heavy atom. The lowest BCUT2D eigenvalue weighted by molar-refractivity contribution is 0.0921. The molecule has 0 amide bonds. The number of hydrogen-bond donors (Lipinski definition) is 0. The standard InChI is InChI=1S/C28H30N4O2/c1-19-16-25(26(33)18-30-15-14-22-10-8-9-11-23(22)17-30)20(2)31(19)27-21(3)29(4)32(28(27)34)24-12-6-5-7-13-24/h5-13,16H,14-15,17-18H2,1-4H3. The summed E-state index contributed by atoms with van der Waals surface area (Å²) in [6, 6.07) is 20.0. The van der Waals surface area contributed by atoms with E-state index in [0.717, 1.165) is 42.3 Å². The maximum atomic E-state index is 13.6. The number of para-hydroxylation sites is 1. The number of aromatic nitrogens is 3. The van der Waals surface area contributed by atoms with Gasteiger partial charge in [-0.3, -0.25) is 19.2 Å². The molecule has 0 saturated heterocycles. The predicted octanol–water partition coefficient (Wildman–Crippen LogP) is 4.13. The fourth-order valence-corrected chi connectivity index (χ4v) is 5.18. The number of benzene rings is 2. The fraction of sp³-hybridized carbons (Fsp3) is 0.286. The fourth-order valence-electron chi connectivity index (χ4n) is 5.18. The molecule has 0 fully saturated rings. The van der Waals surface area contributed by atoms with Gasteiger partial charge >= 0.3 is 0 Å². The Balaban J connectivity index is 1.48. The minimum Gasteiger partial charge on any atom is -0.311 e. The summed E-state index contributed by atoms with van der Waals surface area (Å²) in [5, 5.41) is 0. The third kappa shape index (κ3) is 3.64. The van der Waals surface area contributed by atoms with Gasteiger partial charge < -0.3 is 4.57 Å². The summed E-state index contributed by atoms with van der Waals surface area (Å²) in [5.41, 5.74) is 7.21. The van der Waals surface area contributed by atoms with Crippen LogP contribution in [0.4, 0.5) is 0 Å². The highest BCUT2D eigenvalue weighted by molar-refractivity contribution is 5.99. The van der Waals surface area contributed by atoms with Crippen LogP contribution in [0.25, 0.3) is 11.4 Å². The molecule has 0 radical (unpaired) electrons. The second-order valence-corrected chi connectivity index (χ2v) is 9.18. The van der Waals surface area contributed by atoms with E-state index in [1.807, 2.05) is 73.5 Å². The van der Waals surface area contributed by atoms with E-state index in [1.165, 1.54) is 11.1 Å². The molecule has 0 aliphatic carbocycles. The molecule has 0 saturated carbocycles. The van der Waals surface area contributed by atoms with Gasteiger partial charge in [-0.2, -0.15) is 0 Å². The van der Waals surface area contributed by atoms with Crippen molar-refractivity contribution in [2.75, 3.05) is 13.1 Å². The largest absolute Gasteiger partial charge is 0.311 e. The molecule has 34 heavy (non-hydrogen) atoms. The Labute approximate surface area is 199 Å². The molecule has 2 aromatic heterocycles. The second-order valence-electron chi connectivity index (χ2n) is 9.18. The lowest BCUT2D eigenvalue weighted by Crippen LogP contribution is -2.35. The van der Waals surface area contributed by atoms with Crippen LogP contribution in [0.5, 0.6) is 0 Å². The summed E-state index contributed by atoms with van der Waals surface area (Å²) in [6.07, 6.45) is 0.963. The van der Waals surface area contributed by atoms with Gasteiger partial charge in [-0.1, -0.05) is 42.5 Å². The van der Waals surface area contributed by atoms with Crippen LogP contribution >= 0.6 is 0 Å². The first-order valence-corrected chi connectivity index (χ1v) is 11.7. The van der Waals surface area contributed by atoms with E-state index >= 15 is 0 Å². The average Bonchev–Trinajstić information content (AvgIpc) is 3.25.